The van der Waals surface area contributed by atoms with E-state index >= 15 is 0 Å². The lowest BCUT2D eigenvalue weighted by molar-refractivity contribution is 0.379. The van der Waals surface area contributed by atoms with Gasteiger partial charge >= 0.3 is 6.01 Å². The maximum Gasteiger partial charge on any atom is 0.322 e. The van der Waals surface area contributed by atoms with Gasteiger partial charge < -0.3 is 15.8 Å². The molecule has 0 aliphatic rings. The van der Waals surface area contributed by atoms with E-state index in [1.807, 2.05) is 6.92 Å². The Hall–Kier alpha value is -1.59. The maximum absolute atomic E-state index is 5.47. The van der Waals surface area contributed by atoms with Crippen LogP contribution < -0.4 is 15.8 Å². The highest BCUT2D eigenvalue weighted by Gasteiger charge is 2.06. The van der Waals surface area contributed by atoms with Gasteiger partial charge in [0.25, 0.3) is 0 Å². The van der Waals surface area contributed by atoms with Gasteiger partial charge in [-0.1, -0.05) is 6.92 Å². The van der Waals surface area contributed by atoms with Crippen LogP contribution in [0.25, 0.3) is 0 Å². The molecule has 6 nitrogen and oxygen atoms in total. The fourth-order valence-corrected chi connectivity index (χ4v) is 0.850. The summed E-state index contributed by atoms with van der Waals surface area (Å²) in [7, 11) is 1.49. The molecule has 1 atom stereocenters. The Kier molecular flexibility index (Phi) is 3.44. The molecule has 0 unspecified atom stereocenters. The zero-order valence-corrected chi connectivity index (χ0v) is 8.61. The van der Waals surface area contributed by atoms with Gasteiger partial charge in [-0.25, -0.2) is 0 Å². The predicted molar refractivity (Wildman–Crippen MR) is 54.2 cm³/mol. The molecule has 0 bridgehead atoms. The topological polar surface area (TPSA) is 86.0 Å². The van der Waals surface area contributed by atoms with E-state index in [0.29, 0.717) is 12.0 Å². The number of nitrogens with zero attached hydrogens (tertiary/aromatic N) is 3. The summed E-state index contributed by atoms with van der Waals surface area (Å²) < 4.78 is 4.87. The summed E-state index contributed by atoms with van der Waals surface area (Å²) in [5, 5.41) is 3.08. The third-order valence-electron chi connectivity index (χ3n) is 1.80. The average molecular weight is 197 g/mol. The lowest BCUT2D eigenvalue weighted by atomic mass is 10.3. The normalized spacial score (nSPS) is 12.2. The van der Waals surface area contributed by atoms with Crippen molar-refractivity contribution in [2.75, 3.05) is 18.2 Å². The number of nitrogens with two attached hydrogens (primary N) is 1. The number of aromatic nitrogens is 3. The Morgan fingerprint density at radius 1 is 1.43 bits per heavy atom. The zero-order valence-electron chi connectivity index (χ0n) is 8.61. The molecule has 78 valence electrons. The first-order valence-electron chi connectivity index (χ1n) is 4.47. The summed E-state index contributed by atoms with van der Waals surface area (Å²) in [6.07, 6.45) is 0.980. The number of rotatable bonds is 4. The second-order valence-corrected chi connectivity index (χ2v) is 2.96. The van der Waals surface area contributed by atoms with E-state index in [2.05, 4.69) is 27.2 Å². The van der Waals surface area contributed by atoms with Crippen LogP contribution in [-0.4, -0.2) is 28.1 Å². The summed E-state index contributed by atoms with van der Waals surface area (Å²) in [4.78, 5) is 11.7. The average Bonchev–Trinajstić information content (AvgIpc) is 2.16. The fraction of sp³-hybridized carbons (Fsp3) is 0.625. The monoisotopic (exact) mass is 197 g/mol. The van der Waals surface area contributed by atoms with Crippen LogP contribution >= 0.6 is 0 Å². The van der Waals surface area contributed by atoms with E-state index < -0.39 is 0 Å². The zero-order chi connectivity index (χ0) is 10.6. The number of hydrogen-bond acceptors (Lipinski definition) is 6. The van der Waals surface area contributed by atoms with Gasteiger partial charge in [-0.05, 0) is 13.3 Å². The van der Waals surface area contributed by atoms with Crippen molar-refractivity contribution in [3.63, 3.8) is 0 Å². The van der Waals surface area contributed by atoms with E-state index in [1.165, 1.54) is 7.11 Å². The number of anilines is 2. The molecule has 0 radical (unpaired) electrons. The van der Waals surface area contributed by atoms with Gasteiger partial charge in [-0.2, -0.15) is 15.0 Å². The molecule has 0 fully saturated rings. The highest BCUT2D eigenvalue weighted by atomic mass is 16.5. The molecule has 0 saturated heterocycles. The Morgan fingerprint density at radius 3 is 2.71 bits per heavy atom. The van der Waals surface area contributed by atoms with Crippen LogP contribution in [0.5, 0.6) is 6.01 Å². The van der Waals surface area contributed by atoms with Gasteiger partial charge in [0, 0.05) is 6.04 Å². The lowest BCUT2D eigenvalue weighted by Gasteiger charge is -2.11. The van der Waals surface area contributed by atoms with Crippen molar-refractivity contribution in [3.05, 3.63) is 0 Å². The van der Waals surface area contributed by atoms with Gasteiger partial charge in [0.1, 0.15) is 0 Å². The number of nitrogen functional groups attached to an aromatic ring is 1. The van der Waals surface area contributed by atoms with Crippen molar-refractivity contribution in [1.82, 2.24) is 15.0 Å². The van der Waals surface area contributed by atoms with Crippen molar-refractivity contribution in [2.45, 2.75) is 26.3 Å². The molecular formula is C8H15N5O. The Morgan fingerprint density at radius 2 is 2.14 bits per heavy atom. The van der Waals surface area contributed by atoms with Gasteiger partial charge in [0.15, 0.2) is 0 Å². The second kappa shape index (κ2) is 4.59. The number of hydrogen-bond donors (Lipinski definition) is 2. The molecule has 0 aromatic carbocycles. The van der Waals surface area contributed by atoms with E-state index in [-0.39, 0.29) is 12.0 Å². The second-order valence-electron chi connectivity index (χ2n) is 2.96. The molecule has 0 amide bonds. The van der Waals surface area contributed by atoms with Crippen molar-refractivity contribution in [2.24, 2.45) is 0 Å². The first-order valence-corrected chi connectivity index (χ1v) is 4.47. The smallest absolute Gasteiger partial charge is 0.322 e. The van der Waals surface area contributed by atoms with E-state index in [1.54, 1.807) is 0 Å². The first kappa shape index (κ1) is 10.5. The largest absolute Gasteiger partial charge is 0.467 e. The molecular weight excluding hydrogens is 182 g/mol. The minimum Gasteiger partial charge on any atom is -0.467 e. The molecule has 1 aromatic rings. The molecule has 14 heavy (non-hydrogen) atoms. The van der Waals surface area contributed by atoms with Crippen LogP contribution in [0.15, 0.2) is 0 Å². The SMILES string of the molecule is CC[C@H](C)Nc1nc(N)nc(OC)n1. The molecule has 0 aliphatic carbocycles. The number of ether oxygens (including phenoxy) is 1. The molecule has 1 rings (SSSR count). The fourth-order valence-electron chi connectivity index (χ4n) is 0.850. The van der Waals surface area contributed by atoms with Gasteiger partial charge in [-0.15, -0.1) is 0 Å². The maximum atomic E-state index is 5.47. The van der Waals surface area contributed by atoms with Gasteiger partial charge in [0.2, 0.25) is 11.9 Å². The third-order valence-corrected chi connectivity index (χ3v) is 1.80. The molecule has 3 N–H and O–H groups in total. The summed E-state index contributed by atoms with van der Waals surface area (Å²) in [5.41, 5.74) is 5.47. The quantitative estimate of drug-likeness (QED) is 0.738. The van der Waals surface area contributed by atoms with E-state index in [4.69, 9.17) is 10.5 Å². The van der Waals surface area contributed by atoms with E-state index in [0.717, 1.165) is 6.42 Å². The lowest BCUT2D eigenvalue weighted by Crippen LogP contribution is -2.17. The van der Waals surface area contributed by atoms with Crippen LogP contribution in [0.2, 0.25) is 0 Å². The highest BCUT2D eigenvalue weighted by Crippen LogP contribution is 2.09. The summed E-state index contributed by atoms with van der Waals surface area (Å²) in [5.74, 6) is 0.603. The van der Waals surface area contributed by atoms with Crippen LogP contribution in [0, 0.1) is 0 Å². The Labute approximate surface area is 82.9 Å². The molecule has 1 aromatic heterocycles. The van der Waals surface area contributed by atoms with E-state index in [9.17, 15) is 0 Å². The molecule has 1 heterocycles. The van der Waals surface area contributed by atoms with Crippen molar-refractivity contribution >= 4 is 11.9 Å². The Bertz CT molecular complexity index is 304. The van der Waals surface area contributed by atoms with Crippen molar-refractivity contribution < 1.29 is 4.74 Å². The molecule has 0 aliphatic heterocycles. The van der Waals surface area contributed by atoms with Crippen LogP contribution in [0.3, 0.4) is 0 Å². The molecule has 0 saturated carbocycles. The molecule has 6 heteroatoms. The summed E-state index contributed by atoms with van der Waals surface area (Å²) in [6.45, 7) is 4.10. The van der Waals surface area contributed by atoms with Crippen LogP contribution in [0.4, 0.5) is 11.9 Å². The first-order chi connectivity index (χ1) is 6.65. The molecule has 0 spiro atoms. The Balaban J connectivity index is 2.81. The summed E-state index contributed by atoms with van der Waals surface area (Å²) in [6, 6.07) is 0.518. The number of methoxy groups -OCH3 is 1. The van der Waals surface area contributed by atoms with Crippen LogP contribution in [-0.2, 0) is 0 Å². The summed E-state index contributed by atoms with van der Waals surface area (Å²) >= 11 is 0. The minimum absolute atomic E-state index is 0.155. The highest BCUT2D eigenvalue weighted by molar-refractivity contribution is 5.33. The third kappa shape index (κ3) is 2.72. The van der Waals surface area contributed by atoms with Crippen LogP contribution in [0.1, 0.15) is 20.3 Å². The van der Waals surface area contributed by atoms with Crippen molar-refractivity contribution in [3.8, 4) is 6.01 Å². The van der Waals surface area contributed by atoms with Crippen molar-refractivity contribution in [1.29, 1.82) is 0 Å². The van der Waals surface area contributed by atoms with Gasteiger partial charge in [-0.3, -0.25) is 0 Å². The minimum atomic E-state index is 0.155. The van der Waals surface area contributed by atoms with Gasteiger partial charge in [0.05, 0.1) is 7.11 Å². The predicted octanol–water partition coefficient (Wildman–Crippen LogP) is 0.673. The standard InChI is InChI=1S/C8H15N5O/c1-4-5(2)10-7-11-6(9)12-8(13-7)14-3/h5H,4H2,1-3H3,(H3,9,10,11,12,13)/t5-/m0/s1. The number of nitrogens with one attached hydrogen (secondary N) is 1.